The van der Waals surface area contributed by atoms with Crippen LogP contribution in [0.25, 0.3) is 0 Å². The average Bonchev–Trinajstić information content (AvgIpc) is 2.54. The van der Waals surface area contributed by atoms with Gasteiger partial charge in [-0.05, 0) is 48.9 Å². The fraction of sp³-hybridized carbons (Fsp3) is 0.250. The monoisotopic (exact) mass is 355 g/mol. The van der Waals surface area contributed by atoms with E-state index in [1.54, 1.807) is 36.4 Å². The molecule has 2 aromatic rings. The molecule has 0 spiro atoms. The number of hydrogen-bond donors (Lipinski definition) is 2. The van der Waals surface area contributed by atoms with E-state index in [2.05, 4.69) is 4.72 Å². The van der Waals surface area contributed by atoms with Gasteiger partial charge in [0.2, 0.25) is 10.0 Å². The number of rotatable bonds is 6. The van der Waals surface area contributed by atoms with Crippen LogP contribution in [-0.2, 0) is 15.6 Å². The molecule has 0 aliphatic heterocycles. The number of benzene rings is 2. The first-order valence-electron chi connectivity index (χ1n) is 6.87. The second-order valence-corrected chi connectivity index (χ2v) is 7.48. The molecule has 7 heteroatoms. The predicted molar refractivity (Wildman–Crippen MR) is 89.2 cm³/mol. The number of hydrogen-bond acceptors (Lipinski definition) is 4. The van der Waals surface area contributed by atoms with Crippen molar-refractivity contribution in [2.75, 3.05) is 13.7 Å². The smallest absolute Gasteiger partial charge is 0.240 e. The van der Waals surface area contributed by atoms with Crippen molar-refractivity contribution in [2.45, 2.75) is 17.4 Å². The summed E-state index contributed by atoms with van der Waals surface area (Å²) in [5.41, 5.74) is -0.788. The van der Waals surface area contributed by atoms with E-state index in [1.165, 1.54) is 26.2 Å². The van der Waals surface area contributed by atoms with Crippen molar-refractivity contribution >= 4 is 21.6 Å². The van der Waals surface area contributed by atoms with Crippen molar-refractivity contribution in [3.63, 3.8) is 0 Å². The molecule has 2 N–H and O–H groups in total. The number of nitrogens with one attached hydrogen (secondary N) is 1. The van der Waals surface area contributed by atoms with Crippen LogP contribution in [0.2, 0.25) is 5.02 Å². The van der Waals surface area contributed by atoms with Gasteiger partial charge in [0.05, 0.1) is 12.0 Å². The maximum absolute atomic E-state index is 12.3. The Morgan fingerprint density at radius 1 is 1.13 bits per heavy atom. The van der Waals surface area contributed by atoms with Gasteiger partial charge in [-0.15, -0.1) is 0 Å². The first-order chi connectivity index (χ1) is 10.7. The highest BCUT2D eigenvalue weighted by molar-refractivity contribution is 7.89. The van der Waals surface area contributed by atoms with Gasteiger partial charge in [0, 0.05) is 11.6 Å². The molecule has 0 saturated heterocycles. The molecule has 2 rings (SSSR count). The lowest BCUT2D eigenvalue weighted by Crippen LogP contribution is -2.38. The standard InChI is InChI=1S/C16H18ClNO4S/c1-16(19,12-3-5-13(17)6-4-12)11-18-23(20,21)15-9-7-14(22-2)8-10-15/h3-10,18-19H,11H2,1-2H3. The van der Waals surface area contributed by atoms with Gasteiger partial charge in [0.25, 0.3) is 0 Å². The number of ether oxygens (including phenoxy) is 1. The van der Waals surface area contributed by atoms with Gasteiger partial charge in [0.15, 0.2) is 0 Å². The third-order valence-corrected chi connectivity index (χ3v) is 5.11. The SMILES string of the molecule is COc1ccc(S(=O)(=O)NCC(C)(O)c2ccc(Cl)cc2)cc1. The third-order valence-electron chi connectivity index (χ3n) is 3.44. The Morgan fingerprint density at radius 2 is 1.70 bits per heavy atom. The number of halogens is 1. The molecule has 1 unspecified atom stereocenters. The molecule has 0 saturated carbocycles. The Bertz CT molecular complexity index is 756. The Labute approximate surface area is 140 Å². The van der Waals surface area contributed by atoms with E-state index in [-0.39, 0.29) is 11.4 Å². The van der Waals surface area contributed by atoms with Crippen molar-refractivity contribution in [1.29, 1.82) is 0 Å². The summed E-state index contributed by atoms with van der Waals surface area (Å²) in [6.45, 7) is 1.37. The molecule has 2 aromatic carbocycles. The molecule has 0 aliphatic carbocycles. The van der Waals surface area contributed by atoms with Gasteiger partial charge in [-0.2, -0.15) is 0 Å². The molecule has 0 aromatic heterocycles. The number of sulfonamides is 1. The molecule has 0 aliphatic rings. The van der Waals surface area contributed by atoms with Crippen LogP contribution in [0, 0.1) is 0 Å². The van der Waals surface area contributed by atoms with Gasteiger partial charge in [-0.3, -0.25) is 0 Å². The highest BCUT2D eigenvalue weighted by Gasteiger charge is 2.26. The summed E-state index contributed by atoms with van der Waals surface area (Å²) in [7, 11) is -2.22. The fourth-order valence-corrected chi connectivity index (χ4v) is 3.24. The van der Waals surface area contributed by atoms with E-state index < -0.39 is 15.6 Å². The Hall–Kier alpha value is -1.60. The van der Waals surface area contributed by atoms with Crippen molar-refractivity contribution in [1.82, 2.24) is 4.72 Å². The molecule has 0 heterocycles. The molecule has 0 bridgehead atoms. The van der Waals surface area contributed by atoms with Crippen LogP contribution >= 0.6 is 11.6 Å². The van der Waals surface area contributed by atoms with Crippen LogP contribution in [0.4, 0.5) is 0 Å². The lowest BCUT2D eigenvalue weighted by molar-refractivity contribution is 0.0627. The van der Waals surface area contributed by atoms with Crippen LogP contribution in [0.15, 0.2) is 53.4 Å². The highest BCUT2D eigenvalue weighted by Crippen LogP contribution is 2.23. The normalized spacial score (nSPS) is 14.3. The first kappa shape index (κ1) is 17.7. The maximum Gasteiger partial charge on any atom is 0.240 e. The summed E-state index contributed by atoms with van der Waals surface area (Å²) >= 11 is 5.81. The van der Waals surface area contributed by atoms with E-state index in [1.807, 2.05) is 0 Å². The summed E-state index contributed by atoms with van der Waals surface area (Å²) in [5, 5.41) is 11.0. The molecule has 23 heavy (non-hydrogen) atoms. The third kappa shape index (κ3) is 4.45. The van der Waals surface area contributed by atoms with Crippen LogP contribution in [0.1, 0.15) is 12.5 Å². The zero-order valence-corrected chi connectivity index (χ0v) is 14.4. The van der Waals surface area contributed by atoms with Crippen molar-refractivity contribution < 1.29 is 18.3 Å². The van der Waals surface area contributed by atoms with Crippen molar-refractivity contribution in [3.8, 4) is 5.75 Å². The zero-order valence-electron chi connectivity index (χ0n) is 12.8. The molecule has 0 amide bonds. The zero-order chi connectivity index (χ0) is 17.1. The number of aliphatic hydroxyl groups is 1. The van der Waals surface area contributed by atoms with Crippen LogP contribution in [0.5, 0.6) is 5.75 Å². The molecular formula is C16H18ClNO4S. The molecule has 0 radical (unpaired) electrons. The van der Waals surface area contributed by atoms with E-state index >= 15 is 0 Å². The minimum absolute atomic E-state index is 0.102. The van der Waals surface area contributed by atoms with Crippen molar-refractivity contribution in [3.05, 3.63) is 59.1 Å². The van der Waals surface area contributed by atoms with Crippen LogP contribution < -0.4 is 9.46 Å². The minimum atomic E-state index is -3.73. The van der Waals surface area contributed by atoms with Gasteiger partial charge in [-0.25, -0.2) is 13.1 Å². The second-order valence-electron chi connectivity index (χ2n) is 5.28. The molecule has 1 atom stereocenters. The average molecular weight is 356 g/mol. The summed E-state index contributed by atoms with van der Waals surface area (Å²) in [4.78, 5) is 0.102. The van der Waals surface area contributed by atoms with Gasteiger partial charge < -0.3 is 9.84 Å². The van der Waals surface area contributed by atoms with Gasteiger partial charge in [0.1, 0.15) is 11.4 Å². The Balaban J connectivity index is 2.12. The molecular weight excluding hydrogens is 338 g/mol. The minimum Gasteiger partial charge on any atom is -0.497 e. The topological polar surface area (TPSA) is 75.6 Å². The van der Waals surface area contributed by atoms with E-state index in [0.29, 0.717) is 16.3 Å². The quantitative estimate of drug-likeness (QED) is 0.835. The first-order valence-corrected chi connectivity index (χ1v) is 8.73. The summed E-state index contributed by atoms with van der Waals surface area (Å²) in [6.07, 6.45) is 0. The molecule has 5 nitrogen and oxygen atoms in total. The van der Waals surface area contributed by atoms with E-state index in [4.69, 9.17) is 16.3 Å². The Morgan fingerprint density at radius 3 is 2.22 bits per heavy atom. The van der Waals surface area contributed by atoms with E-state index in [9.17, 15) is 13.5 Å². The van der Waals surface area contributed by atoms with Gasteiger partial charge in [-0.1, -0.05) is 23.7 Å². The lowest BCUT2D eigenvalue weighted by atomic mass is 9.97. The van der Waals surface area contributed by atoms with Crippen LogP contribution in [-0.4, -0.2) is 27.2 Å². The second kappa shape index (κ2) is 6.88. The summed E-state index contributed by atoms with van der Waals surface area (Å²) < 4.78 is 32.0. The van der Waals surface area contributed by atoms with Crippen LogP contribution in [0.3, 0.4) is 0 Å². The number of methoxy groups -OCH3 is 1. The largest absolute Gasteiger partial charge is 0.497 e. The predicted octanol–water partition coefficient (Wildman–Crippen LogP) is 2.53. The van der Waals surface area contributed by atoms with Crippen molar-refractivity contribution in [2.24, 2.45) is 0 Å². The summed E-state index contributed by atoms with van der Waals surface area (Å²) in [5.74, 6) is 0.567. The maximum atomic E-state index is 12.3. The highest BCUT2D eigenvalue weighted by atomic mass is 35.5. The van der Waals surface area contributed by atoms with Gasteiger partial charge >= 0.3 is 0 Å². The lowest BCUT2D eigenvalue weighted by Gasteiger charge is -2.24. The fourth-order valence-electron chi connectivity index (χ4n) is 1.98. The molecule has 124 valence electrons. The Kier molecular flexibility index (Phi) is 5.31. The van der Waals surface area contributed by atoms with E-state index in [0.717, 1.165) is 0 Å². The summed E-state index contributed by atoms with van der Waals surface area (Å²) in [6, 6.07) is 12.6. The molecule has 0 fully saturated rings.